The summed E-state index contributed by atoms with van der Waals surface area (Å²) in [6, 6.07) is 10.6. The van der Waals surface area contributed by atoms with E-state index in [1.165, 1.54) is 5.56 Å². The van der Waals surface area contributed by atoms with E-state index < -0.39 is 0 Å². The van der Waals surface area contributed by atoms with Gasteiger partial charge < -0.3 is 15.5 Å². The fraction of sp³-hybridized carbons (Fsp3) is 0.588. The third kappa shape index (κ3) is 6.34. The number of carbonyl (C=O) groups excluding carboxylic acids is 1. The van der Waals surface area contributed by atoms with Crippen LogP contribution in [-0.4, -0.2) is 43.5 Å². The van der Waals surface area contributed by atoms with Crippen LogP contribution in [0.15, 0.2) is 30.3 Å². The summed E-state index contributed by atoms with van der Waals surface area (Å²) in [6.45, 7) is 5.71. The van der Waals surface area contributed by atoms with Gasteiger partial charge in [0.05, 0.1) is 5.92 Å². The molecule has 4 nitrogen and oxygen atoms in total. The molecule has 2 N–H and O–H groups in total. The van der Waals surface area contributed by atoms with Gasteiger partial charge in [-0.2, -0.15) is 0 Å². The van der Waals surface area contributed by atoms with E-state index in [0.717, 1.165) is 39.0 Å². The SMILES string of the molecule is CC(CN(C)Cc1ccccc1)NC(=O)[C@@H]1CCCNC1.Cl. The van der Waals surface area contributed by atoms with Crippen LogP contribution in [0.25, 0.3) is 0 Å². The van der Waals surface area contributed by atoms with Crippen molar-refractivity contribution in [2.75, 3.05) is 26.7 Å². The number of likely N-dealkylation sites (N-methyl/N-ethyl adjacent to an activating group) is 1. The lowest BCUT2D eigenvalue weighted by Crippen LogP contribution is -2.46. The molecule has 1 aliphatic rings. The largest absolute Gasteiger partial charge is 0.352 e. The van der Waals surface area contributed by atoms with Gasteiger partial charge in [-0.05, 0) is 38.9 Å². The van der Waals surface area contributed by atoms with E-state index in [9.17, 15) is 4.79 Å². The molecule has 124 valence electrons. The van der Waals surface area contributed by atoms with Gasteiger partial charge in [0.1, 0.15) is 0 Å². The highest BCUT2D eigenvalue weighted by Crippen LogP contribution is 2.10. The first kappa shape index (κ1) is 18.9. The summed E-state index contributed by atoms with van der Waals surface area (Å²) in [5.74, 6) is 0.337. The molecule has 0 saturated carbocycles. The number of hydrogen-bond donors (Lipinski definition) is 2. The number of carbonyl (C=O) groups is 1. The predicted octanol–water partition coefficient (Wildman–Crippen LogP) is 2.04. The van der Waals surface area contributed by atoms with Gasteiger partial charge in [0.15, 0.2) is 0 Å². The maximum Gasteiger partial charge on any atom is 0.224 e. The molecule has 1 amide bonds. The lowest BCUT2D eigenvalue weighted by Gasteiger charge is -2.26. The molecule has 1 aliphatic heterocycles. The Balaban J connectivity index is 0.00000242. The van der Waals surface area contributed by atoms with Crippen molar-refractivity contribution in [2.45, 2.75) is 32.4 Å². The van der Waals surface area contributed by atoms with Crippen molar-refractivity contribution in [3.63, 3.8) is 0 Å². The number of benzene rings is 1. The van der Waals surface area contributed by atoms with E-state index in [4.69, 9.17) is 0 Å². The van der Waals surface area contributed by atoms with Crippen LogP contribution in [0.1, 0.15) is 25.3 Å². The van der Waals surface area contributed by atoms with Crippen LogP contribution in [-0.2, 0) is 11.3 Å². The van der Waals surface area contributed by atoms with Crippen molar-refractivity contribution in [2.24, 2.45) is 5.92 Å². The highest BCUT2D eigenvalue weighted by Gasteiger charge is 2.22. The Morgan fingerprint density at radius 1 is 1.41 bits per heavy atom. The van der Waals surface area contributed by atoms with E-state index in [-0.39, 0.29) is 30.3 Å². The van der Waals surface area contributed by atoms with E-state index >= 15 is 0 Å². The van der Waals surface area contributed by atoms with Gasteiger partial charge >= 0.3 is 0 Å². The van der Waals surface area contributed by atoms with Crippen LogP contribution >= 0.6 is 12.4 Å². The summed E-state index contributed by atoms with van der Waals surface area (Å²) in [6.07, 6.45) is 2.10. The van der Waals surface area contributed by atoms with Crippen LogP contribution in [0.3, 0.4) is 0 Å². The van der Waals surface area contributed by atoms with E-state index in [1.807, 2.05) is 6.07 Å². The number of rotatable bonds is 6. The molecule has 2 rings (SSSR count). The second-order valence-corrected chi connectivity index (χ2v) is 6.14. The van der Waals surface area contributed by atoms with E-state index in [1.54, 1.807) is 0 Å². The average Bonchev–Trinajstić information content (AvgIpc) is 2.48. The van der Waals surface area contributed by atoms with Crippen molar-refractivity contribution in [1.82, 2.24) is 15.5 Å². The summed E-state index contributed by atoms with van der Waals surface area (Å²) < 4.78 is 0. The lowest BCUT2D eigenvalue weighted by molar-refractivity contribution is -0.126. The Morgan fingerprint density at radius 2 is 2.14 bits per heavy atom. The second kappa shape index (κ2) is 9.82. The van der Waals surface area contributed by atoms with Gasteiger partial charge in [-0.15, -0.1) is 12.4 Å². The van der Waals surface area contributed by atoms with Gasteiger partial charge in [-0.1, -0.05) is 30.3 Å². The van der Waals surface area contributed by atoms with E-state index in [0.29, 0.717) is 0 Å². The second-order valence-electron chi connectivity index (χ2n) is 6.14. The zero-order valence-corrected chi connectivity index (χ0v) is 14.4. The minimum atomic E-state index is 0. The first-order chi connectivity index (χ1) is 10.1. The van der Waals surface area contributed by atoms with Crippen LogP contribution in [0.5, 0.6) is 0 Å². The summed E-state index contributed by atoms with van der Waals surface area (Å²) in [7, 11) is 2.10. The number of amides is 1. The Hall–Kier alpha value is -1.10. The lowest BCUT2D eigenvalue weighted by atomic mass is 9.98. The first-order valence-electron chi connectivity index (χ1n) is 7.88. The number of nitrogens with one attached hydrogen (secondary N) is 2. The molecule has 1 aromatic carbocycles. The molecule has 2 atom stereocenters. The number of hydrogen-bond acceptors (Lipinski definition) is 3. The molecule has 1 heterocycles. The van der Waals surface area contributed by atoms with Crippen molar-refractivity contribution in [1.29, 1.82) is 0 Å². The Kier molecular flexibility index (Phi) is 8.46. The molecular formula is C17H28ClN3O. The smallest absolute Gasteiger partial charge is 0.224 e. The molecule has 1 aromatic rings. The predicted molar refractivity (Wildman–Crippen MR) is 93.2 cm³/mol. The van der Waals surface area contributed by atoms with E-state index in [2.05, 4.69) is 53.8 Å². The average molecular weight is 326 g/mol. The Morgan fingerprint density at radius 3 is 2.77 bits per heavy atom. The van der Waals surface area contributed by atoms with Crippen LogP contribution in [0.4, 0.5) is 0 Å². The fourth-order valence-corrected chi connectivity index (χ4v) is 2.91. The maximum atomic E-state index is 12.2. The van der Waals surface area contributed by atoms with Gasteiger partial charge in [0.2, 0.25) is 5.91 Å². The van der Waals surface area contributed by atoms with Crippen molar-refractivity contribution >= 4 is 18.3 Å². The zero-order chi connectivity index (χ0) is 15.1. The highest BCUT2D eigenvalue weighted by molar-refractivity contribution is 5.85. The van der Waals surface area contributed by atoms with Gasteiger partial charge in [-0.3, -0.25) is 4.79 Å². The van der Waals surface area contributed by atoms with Crippen molar-refractivity contribution < 1.29 is 4.79 Å². The maximum absolute atomic E-state index is 12.2. The molecule has 1 saturated heterocycles. The van der Waals surface area contributed by atoms with Gasteiger partial charge in [0.25, 0.3) is 0 Å². The number of halogens is 1. The number of nitrogens with zero attached hydrogens (tertiary/aromatic N) is 1. The minimum Gasteiger partial charge on any atom is -0.352 e. The minimum absolute atomic E-state index is 0. The molecular weight excluding hydrogens is 298 g/mol. The molecule has 0 radical (unpaired) electrons. The normalized spacial score (nSPS) is 19.3. The monoisotopic (exact) mass is 325 g/mol. The molecule has 1 fully saturated rings. The summed E-state index contributed by atoms with van der Waals surface area (Å²) in [5.41, 5.74) is 1.30. The van der Waals surface area contributed by atoms with Crippen molar-refractivity contribution in [3.05, 3.63) is 35.9 Å². The molecule has 0 bridgehead atoms. The fourth-order valence-electron chi connectivity index (χ4n) is 2.91. The van der Waals surface area contributed by atoms with Gasteiger partial charge in [-0.25, -0.2) is 0 Å². The van der Waals surface area contributed by atoms with Crippen LogP contribution in [0.2, 0.25) is 0 Å². The standard InChI is InChI=1S/C17H27N3O.ClH/c1-14(19-17(21)16-9-6-10-18-11-16)12-20(2)13-15-7-4-3-5-8-15;/h3-5,7-8,14,16,18H,6,9-13H2,1-2H3,(H,19,21);1H/t14?,16-;/m1./s1. The third-order valence-corrected chi connectivity index (χ3v) is 3.94. The molecule has 0 aliphatic carbocycles. The summed E-state index contributed by atoms with van der Waals surface area (Å²) in [5, 5.41) is 6.44. The van der Waals surface area contributed by atoms with Gasteiger partial charge in [0, 0.05) is 25.7 Å². The van der Waals surface area contributed by atoms with Crippen molar-refractivity contribution in [3.8, 4) is 0 Å². The highest BCUT2D eigenvalue weighted by atomic mass is 35.5. The third-order valence-electron chi connectivity index (χ3n) is 3.94. The Bertz CT molecular complexity index is 435. The van der Waals surface area contributed by atoms with Crippen LogP contribution < -0.4 is 10.6 Å². The first-order valence-corrected chi connectivity index (χ1v) is 7.88. The molecule has 22 heavy (non-hydrogen) atoms. The quantitative estimate of drug-likeness (QED) is 0.841. The zero-order valence-electron chi connectivity index (χ0n) is 13.5. The molecule has 1 unspecified atom stereocenters. The molecule has 5 heteroatoms. The topological polar surface area (TPSA) is 44.4 Å². The molecule has 0 spiro atoms. The summed E-state index contributed by atoms with van der Waals surface area (Å²) in [4.78, 5) is 14.4. The number of piperidine rings is 1. The Labute approximate surface area is 140 Å². The molecule has 0 aromatic heterocycles. The van der Waals surface area contributed by atoms with Crippen LogP contribution in [0, 0.1) is 5.92 Å². The summed E-state index contributed by atoms with van der Waals surface area (Å²) >= 11 is 0.